The Labute approximate surface area is 107 Å². The second-order valence-corrected chi connectivity index (χ2v) is 4.30. The highest BCUT2D eigenvalue weighted by Crippen LogP contribution is 2.20. The van der Waals surface area contributed by atoms with Gasteiger partial charge >= 0.3 is 0 Å². The normalized spacial score (nSPS) is 12.6. The third-order valence-electron chi connectivity index (χ3n) is 2.73. The van der Waals surface area contributed by atoms with Crippen LogP contribution in [0.5, 0.6) is 0 Å². The van der Waals surface area contributed by atoms with E-state index in [4.69, 9.17) is 9.15 Å². The molecule has 0 radical (unpaired) electrons. The molecule has 0 bridgehead atoms. The van der Waals surface area contributed by atoms with Crippen LogP contribution in [0.25, 0.3) is 0 Å². The maximum Gasteiger partial charge on any atom is 0.126 e. The van der Waals surface area contributed by atoms with Gasteiger partial charge < -0.3 is 14.5 Å². The van der Waals surface area contributed by atoms with Crippen LogP contribution in [-0.4, -0.2) is 23.5 Å². The summed E-state index contributed by atoms with van der Waals surface area (Å²) in [6.07, 6.45) is 3.77. The Balaban J connectivity index is 1.94. The van der Waals surface area contributed by atoms with E-state index in [0.717, 1.165) is 23.8 Å². The van der Waals surface area contributed by atoms with Crippen LogP contribution in [0, 0.1) is 6.92 Å². The molecule has 18 heavy (non-hydrogen) atoms. The Bertz CT molecular complexity index is 490. The number of furan rings is 1. The molecule has 1 atom stereocenters. The fourth-order valence-electron chi connectivity index (χ4n) is 1.75. The first-order valence-electron chi connectivity index (χ1n) is 6.03. The highest BCUT2D eigenvalue weighted by atomic mass is 16.5. The molecule has 0 amide bonds. The first kappa shape index (κ1) is 12.7. The van der Waals surface area contributed by atoms with Crippen LogP contribution in [0.1, 0.15) is 24.5 Å². The number of methoxy groups -OCH3 is 1. The number of nitrogens with one attached hydrogen (secondary N) is 1. The lowest BCUT2D eigenvalue weighted by Gasteiger charge is -2.10. The van der Waals surface area contributed by atoms with Crippen molar-refractivity contribution in [3.63, 3.8) is 0 Å². The molecular formula is C13H19N3O2. The molecule has 0 fully saturated rings. The van der Waals surface area contributed by atoms with Gasteiger partial charge in [-0.1, -0.05) is 0 Å². The van der Waals surface area contributed by atoms with Gasteiger partial charge in [-0.3, -0.25) is 4.68 Å². The van der Waals surface area contributed by atoms with Crippen LogP contribution in [0.15, 0.2) is 28.9 Å². The van der Waals surface area contributed by atoms with Gasteiger partial charge in [0.1, 0.15) is 11.5 Å². The van der Waals surface area contributed by atoms with Crippen molar-refractivity contribution in [2.75, 3.05) is 19.0 Å². The molecule has 1 N–H and O–H groups in total. The molecule has 98 valence electrons. The molecule has 0 aliphatic carbocycles. The van der Waals surface area contributed by atoms with Gasteiger partial charge in [-0.15, -0.1) is 0 Å². The zero-order valence-electron chi connectivity index (χ0n) is 11.0. The summed E-state index contributed by atoms with van der Waals surface area (Å²) in [4.78, 5) is 0. The van der Waals surface area contributed by atoms with Crippen LogP contribution >= 0.6 is 0 Å². The molecule has 2 aromatic heterocycles. The maximum absolute atomic E-state index is 5.58. The van der Waals surface area contributed by atoms with Gasteiger partial charge in [0.2, 0.25) is 0 Å². The van der Waals surface area contributed by atoms with E-state index in [1.165, 1.54) is 0 Å². The zero-order chi connectivity index (χ0) is 13.0. The predicted octanol–water partition coefficient (Wildman–Crippen LogP) is 2.60. The van der Waals surface area contributed by atoms with E-state index in [9.17, 15) is 0 Å². The average molecular weight is 249 g/mol. The summed E-state index contributed by atoms with van der Waals surface area (Å²) in [6, 6.07) is 4.08. The van der Waals surface area contributed by atoms with Crippen molar-refractivity contribution in [3.8, 4) is 0 Å². The Morgan fingerprint density at radius 3 is 3.00 bits per heavy atom. The number of rotatable bonds is 6. The Morgan fingerprint density at radius 1 is 1.50 bits per heavy atom. The Hall–Kier alpha value is -1.75. The zero-order valence-corrected chi connectivity index (χ0v) is 11.0. The van der Waals surface area contributed by atoms with Crippen LogP contribution < -0.4 is 5.32 Å². The van der Waals surface area contributed by atoms with Gasteiger partial charge in [0.15, 0.2) is 0 Å². The molecule has 1 unspecified atom stereocenters. The molecule has 0 aliphatic heterocycles. The van der Waals surface area contributed by atoms with E-state index in [2.05, 4.69) is 17.3 Å². The van der Waals surface area contributed by atoms with E-state index >= 15 is 0 Å². The van der Waals surface area contributed by atoms with E-state index in [0.29, 0.717) is 6.61 Å². The van der Waals surface area contributed by atoms with Crippen LogP contribution in [0.2, 0.25) is 0 Å². The lowest BCUT2D eigenvalue weighted by Crippen LogP contribution is -2.06. The van der Waals surface area contributed by atoms with Crippen molar-refractivity contribution >= 4 is 5.69 Å². The summed E-state index contributed by atoms with van der Waals surface area (Å²) in [5.74, 6) is 1.85. The van der Waals surface area contributed by atoms with Gasteiger partial charge in [-0.2, -0.15) is 5.10 Å². The van der Waals surface area contributed by atoms with Crippen LogP contribution in [0.3, 0.4) is 0 Å². The molecule has 2 aromatic rings. The molecule has 2 heterocycles. The Morgan fingerprint density at radius 2 is 2.33 bits per heavy atom. The standard InChI is InChI=1S/C13H19N3O2/c1-10-4-5-13(18-10)11(2)15-12-8-14-16(9-12)6-7-17-3/h4-5,8-9,11,15H,6-7H2,1-3H3. The summed E-state index contributed by atoms with van der Waals surface area (Å²) < 4.78 is 12.4. The van der Waals surface area contributed by atoms with Gasteiger partial charge in [0, 0.05) is 13.3 Å². The molecule has 5 nitrogen and oxygen atoms in total. The SMILES string of the molecule is COCCn1cc(NC(C)c2ccc(C)o2)cn1. The second kappa shape index (κ2) is 5.73. The molecule has 0 spiro atoms. The number of hydrogen-bond acceptors (Lipinski definition) is 4. The summed E-state index contributed by atoms with van der Waals surface area (Å²) >= 11 is 0. The van der Waals surface area contributed by atoms with Crippen molar-refractivity contribution in [2.24, 2.45) is 0 Å². The molecule has 0 aromatic carbocycles. The van der Waals surface area contributed by atoms with E-state index in [1.807, 2.05) is 36.1 Å². The van der Waals surface area contributed by atoms with E-state index in [-0.39, 0.29) is 6.04 Å². The second-order valence-electron chi connectivity index (χ2n) is 4.30. The minimum Gasteiger partial charge on any atom is -0.464 e. The van der Waals surface area contributed by atoms with Gasteiger partial charge in [0.05, 0.1) is 31.1 Å². The Kier molecular flexibility index (Phi) is 4.04. The average Bonchev–Trinajstić information content (AvgIpc) is 2.96. The number of nitrogens with zero attached hydrogens (tertiary/aromatic N) is 2. The van der Waals surface area contributed by atoms with E-state index < -0.39 is 0 Å². The first-order chi connectivity index (χ1) is 8.69. The fourth-order valence-corrected chi connectivity index (χ4v) is 1.75. The molecular weight excluding hydrogens is 230 g/mol. The van der Waals surface area contributed by atoms with Crippen molar-refractivity contribution in [1.82, 2.24) is 9.78 Å². The number of aromatic nitrogens is 2. The smallest absolute Gasteiger partial charge is 0.126 e. The summed E-state index contributed by atoms with van der Waals surface area (Å²) in [5.41, 5.74) is 0.979. The number of aryl methyl sites for hydroxylation is 1. The topological polar surface area (TPSA) is 52.2 Å². The monoisotopic (exact) mass is 249 g/mol. The number of anilines is 1. The lowest BCUT2D eigenvalue weighted by molar-refractivity contribution is 0.183. The van der Waals surface area contributed by atoms with Crippen molar-refractivity contribution in [1.29, 1.82) is 0 Å². The highest BCUT2D eigenvalue weighted by Gasteiger charge is 2.10. The largest absolute Gasteiger partial charge is 0.464 e. The first-order valence-corrected chi connectivity index (χ1v) is 6.03. The molecule has 5 heteroatoms. The third kappa shape index (κ3) is 3.13. The van der Waals surface area contributed by atoms with E-state index in [1.54, 1.807) is 7.11 Å². The summed E-state index contributed by atoms with van der Waals surface area (Å²) in [6.45, 7) is 5.42. The fraction of sp³-hybridized carbons (Fsp3) is 0.462. The minimum absolute atomic E-state index is 0.124. The molecule has 2 rings (SSSR count). The summed E-state index contributed by atoms with van der Waals surface area (Å²) in [5, 5.41) is 7.60. The van der Waals surface area contributed by atoms with Crippen LogP contribution in [0.4, 0.5) is 5.69 Å². The number of hydrogen-bond donors (Lipinski definition) is 1. The van der Waals surface area contributed by atoms with Crippen molar-refractivity contribution in [3.05, 3.63) is 36.0 Å². The predicted molar refractivity (Wildman–Crippen MR) is 69.6 cm³/mol. The maximum atomic E-state index is 5.58. The van der Waals surface area contributed by atoms with Crippen LogP contribution in [-0.2, 0) is 11.3 Å². The molecule has 0 saturated carbocycles. The third-order valence-corrected chi connectivity index (χ3v) is 2.73. The number of ether oxygens (including phenoxy) is 1. The lowest BCUT2D eigenvalue weighted by atomic mass is 10.2. The minimum atomic E-state index is 0.124. The molecule has 0 saturated heterocycles. The highest BCUT2D eigenvalue weighted by molar-refractivity contribution is 5.40. The van der Waals surface area contributed by atoms with Crippen molar-refractivity contribution < 1.29 is 9.15 Å². The van der Waals surface area contributed by atoms with Gasteiger partial charge in [-0.05, 0) is 26.0 Å². The van der Waals surface area contributed by atoms with Gasteiger partial charge in [-0.25, -0.2) is 0 Å². The van der Waals surface area contributed by atoms with Gasteiger partial charge in [0.25, 0.3) is 0 Å². The quantitative estimate of drug-likeness (QED) is 0.855. The van der Waals surface area contributed by atoms with Crippen molar-refractivity contribution in [2.45, 2.75) is 26.4 Å². The molecule has 0 aliphatic rings. The summed E-state index contributed by atoms with van der Waals surface area (Å²) in [7, 11) is 1.68.